The molecule has 142 valence electrons. The van der Waals surface area contributed by atoms with Gasteiger partial charge in [0.05, 0.1) is 20.8 Å². The van der Waals surface area contributed by atoms with Crippen molar-refractivity contribution in [1.29, 1.82) is 0 Å². The van der Waals surface area contributed by atoms with E-state index in [1.54, 1.807) is 32.7 Å². The summed E-state index contributed by atoms with van der Waals surface area (Å²) in [6.07, 6.45) is 3.23. The number of para-hydroxylation sites is 1. The molecule has 0 amide bonds. The van der Waals surface area contributed by atoms with Gasteiger partial charge in [-0.05, 0) is 25.1 Å². The highest BCUT2D eigenvalue weighted by Gasteiger charge is 2.23. The van der Waals surface area contributed by atoms with Crippen molar-refractivity contribution in [3.63, 3.8) is 0 Å². The van der Waals surface area contributed by atoms with E-state index < -0.39 is 0 Å². The summed E-state index contributed by atoms with van der Waals surface area (Å²) in [7, 11) is 3.22. The van der Waals surface area contributed by atoms with E-state index in [0.29, 0.717) is 52.5 Å². The van der Waals surface area contributed by atoms with E-state index >= 15 is 0 Å². The molecule has 4 rings (SSSR count). The molecule has 3 heterocycles. The molecule has 0 saturated heterocycles. The maximum absolute atomic E-state index is 5.59. The van der Waals surface area contributed by atoms with Crippen molar-refractivity contribution in [3.05, 3.63) is 48.8 Å². The number of methoxy groups -OCH3 is 2. The summed E-state index contributed by atoms with van der Waals surface area (Å²) in [5.41, 5.74) is 2.37. The summed E-state index contributed by atoms with van der Waals surface area (Å²) in [5, 5.41) is 0. The molecule has 0 saturated carbocycles. The van der Waals surface area contributed by atoms with Crippen molar-refractivity contribution >= 4 is 11.3 Å². The third kappa shape index (κ3) is 2.98. The number of imidazole rings is 1. The molecular formula is C20H19N5O3. The molecule has 1 aromatic carbocycles. The van der Waals surface area contributed by atoms with Crippen LogP contribution in [0.5, 0.6) is 17.4 Å². The molecule has 0 fully saturated rings. The summed E-state index contributed by atoms with van der Waals surface area (Å²) in [4.78, 5) is 18.1. The lowest BCUT2D eigenvalue weighted by atomic mass is 10.2. The molecule has 8 heteroatoms. The van der Waals surface area contributed by atoms with Crippen LogP contribution < -0.4 is 14.2 Å². The quantitative estimate of drug-likeness (QED) is 0.510. The van der Waals surface area contributed by atoms with Crippen LogP contribution in [-0.2, 0) is 0 Å². The van der Waals surface area contributed by atoms with Crippen molar-refractivity contribution in [2.45, 2.75) is 6.92 Å². The SMILES string of the molecule is CCOc1cccc(-c2nc3nccnc3n2-c2c(OC)cccc2OC)n1. The van der Waals surface area contributed by atoms with Gasteiger partial charge in [0.15, 0.2) is 17.1 Å². The number of rotatable bonds is 6. The van der Waals surface area contributed by atoms with Crippen LogP contribution in [0.4, 0.5) is 0 Å². The Kier molecular flexibility index (Phi) is 4.76. The maximum atomic E-state index is 5.59. The van der Waals surface area contributed by atoms with E-state index in [4.69, 9.17) is 14.2 Å². The lowest BCUT2D eigenvalue weighted by molar-refractivity contribution is 0.327. The molecule has 0 aliphatic carbocycles. The van der Waals surface area contributed by atoms with Gasteiger partial charge in [-0.2, -0.15) is 0 Å². The van der Waals surface area contributed by atoms with Gasteiger partial charge in [0, 0.05) is 18.5 Å². The van der Waals surface area contributed by atoms with Crippen LogP contribution in [-0.4, -0.2) is 45.3 Å². The van der Waals surface area contributed by atoms with Crippen molar-refractivity contribution in [1.82, 2.24) is 24.5 Å². The number of pyridine rings is 1. The van der Waals surface area contributed by atoms with Gasteiger partial charge < -0.3 is 14.2 Å². The Bertz CT molecular complexity index is 1100. The molecule has 0 N–H and O–H groups in total. The van der Waals surface area contributed by atoms with Crippen LogP contribution in [0.25, 0.3) is 28.5 Å². The molecule has 4 aromatic rings. The zero-order valence-electron chi connectivity index (χ0n) is 15.8. The van der Waals surface area contributed by atoms with Gasteiger partial charge in [0.1, 0.15) is 22.9 Å². The van der Waals surface area contributed by atoms with Gasteiger partial charge in [-0.25, -0.2) is 19.9 Å². The molecule has 8 nitrogen and oxygen atoms in total. The predicted molar refractivity (Wildman–Crippen MR) is 104 cm³/mol. The molecule has 28 heavy (non-hydrogen) atoms. The molecular weight excluding hydrogens is 358 g/mol. The summed E-state index contributed by atoms with van der Waals surface area (Å²) in [6.45, 7) is 2.44. The lowest BCUT2D eigenvalue weighted by Gasteiger charge is -2.16. The smallest absolute Gasteiger partial charge is 0.213 e. The first-order valence-electron chi connectivity index (χ1n) is 8.77. The van der Waals surface area contributed by atoms with Crippen molar-refractivity contribution in [2.75, 3.05) is 20.8 Å². The van der Waals surface area contributed by atoms with Crippen molar-refractivity contribution in [2.24, 2.45) is 0 Å². The number of benzene rings is 1. The minimum atomic E-state index is 0.495. The average Bonchev–Trinajstić information content (AvgIpc) is 3.12. The highest BCUT2D eigenvalue weighted by atomic mass is 16.5. The summed E-state index contributed by atoms with van der Waals surface area (Å²) >= 11 is 0. The van der Waals surface area contributed by atoms with Gasteiger partial charge in [-0.1, -0.05) is 12.1 Å². The molecule has 0 aliphatic heterocycles. The van der Waals surface area contributed by atoms with E-state index in [1.165, 1.54) is 0 Å². The van der Waals surface area contributed by atoms with Gasteiger partial charge in [-0.15, -0.1) is 0 Å². The van der Waals surface area contributed by atoms with Gasteiger partial charge in [0.2, 0.25) is 5.88 Å². The fraction of sp³-hybridized carbons (Fsp3) is 0.200. The highest BCUT2D eigenvalue weighted by Crippen LogP contribution is 2.37. The average molecular weight is 377 g/mol. The minimum absolute atomic E-state index is 0.495. The Morgan fingerprint density at radius 1 is 0.893 bits per heavy atom. The van der Waals surface area contributed by atoms with Gasteiger partial charge in [-0.3, -0.25) is 4.57 Å². The van der Waals surface area contributed by atoms with Gasteiger partial charge >= 0.3 is 0 Å². The van der Waals surface area contributed by atoms with Crippen LogP contribution >= 0.6 is 0 Å². The van der Waals surface area contributed by atoms with Crippen molar-refractivity contribution < 1.29 is 14.2 Å². The fourth-order valence-corrected chi connectivity index (χ4v) is 3.01. The van der Waals surface area contributed by atoms with Crippen LogP contribution in [0.2, 0.25) is 0 Å². The lowest BCUT2D eigenvalue weighted by Crippen LogP contribution is -2.05. The summed E-state index contributed by atoms with van der Waals surface area (Å²) in [6, 6.07) is 11.1. The van der Waals surface area contributed by atoms with Crippen LogP contribution in [0, 0.1) is 0 Å². The fourth-order valence-electron chi connectivity index (χ4n) is 3.01. The number of fused-ring (bicyclic) bond motifs is 1. The molecule has 0 aliphatic rings. The third-order valence-electron chi connectivity index (χ3n) is 4.17. The van der Waals surface area contributed by atoms with E-state index in [2.05, 4.69) is 19.9 Å². The number of aromatic nitrogens is 5. The largest absolute Gasteiger partial charge is 0.494 e. The van der Waals surface area contributed by atoms with E-state index in [-0.39, 0.29) is 0 Å². The first kappa shape index (κ1) is 17.7. The Balaban J connectivity index is 2.05. The van der Waals surface area contributed by atoms with Crippen LogP contribution in [0.3, 0.4) is 0 Å². The summed E-state index contributed by atoms with van der Waals surface area (Å²) in [5.74, 6) is 2.31. The molecule has 0 spiro atoms. The van der Waals surface area contributed by atoms with E-state index in [0.717, 1.165) is 0 Å². The maximum Gasteiger partial charge on any atom is 0.213 e. The monoisotopic (exact) mass is 377 g/mol. The minimum Gasteiger partial charge on any atom is -0.494 e. The third-order valence-corrected chi connectivity index (χ3v) is 4.17. The Morgan fingerprint density at radius 2 is 1.61 bits per heavy atom. The van der Waals surface area contributed by atoms with Gasteiger partial charge in [0.25, 0.3) is 0 Å². The van der Waals surface area contributed by atoms with Crippen LogP contribution in [0.1, 0.15) is 6.92 Å². The number of nitrogens with zero attached hydrogens (tertiary/aromatic N) is 5. The highest BCUT2D eigenvalue weighted by molar-refractivity contribution is 5.78. The standard InChI is InChI=1S/C20H19N5O3/c1-4-28-16-10-5-7-13(23-16)19-24-18-20(22-12-11-21-18)25(19)17-14(26-2)8-6-9-15(17)27-3/h5-12H,4H2,1-3H3. The zero-order valence-corrected chi connectivity index (χ0v) is 15.8. The topological polar surface area (TPSA) is 84.2 Å². The Labute approximate surface area is 161 Å². The Hall–Kier alpha value is -3.68. The van der Waals surface area contributed by atoms with Crippen LogP contribution in [0.15, 0.2) is 48.8 Å². The van der Waals surface area contributed by atoms with E-state index in [1.807, 2.05) is 41.8 Å². The summed E-state index contributed by atoms with van der Waals surface area (Å²) < 4.78 is 18.6. The predicted octanol–water partition coefficient (Wildman–Crippen LogP) is 3.29. The van der Waals surface area contributed by atoms with E-state index in [9.17, 15) is 0 Å². The number of hydrogen-bond acceptors (Lipinski definition) is 7. The molecule has 3 aromatic heterocycles. The normalized spacial score (nSPS) is 10.8. The second-order valence-electron chi connectivity index (χ2n) is 5.78. The zero-order chi connectivity index (χ0) is 19.5. The number of hydrogen-bond donors (Lipinski definition) is 0. The molecule has 0 radical (unpaired) electrons. The number of ether oxygens (including phenoxy) is 3. The van der Waals surface area contributed by atoms with Crippen molar-refractivity contribution in [3.8, 4) is 34.6 Å². The Morgan fingerprint density at radius 3 is 2.32 bits per heavy atom. The second-order valence-corrected chi connectivity index (χ2v) is 5.78. The molecule has 0 atom stereocenters. The molecule has 0 unspecified atom stereocenters. The first-order chi connectivity index (χ1) is 13.8. The molecule has 0 bridgehead atoms. The first-order valence-corrected chi connectivity index (χ1v) is 8.77. The second kappa shape index (κ2) is 7.51.